The van der Waals surface area contributed by atoms with Crippen molar-refractivity contribution in [3.8, 4) is 28.5 Å². The number of para-hydroxylation sites is 2. The average molecular weight is 455 g/mol. The number of rotatable bonds is 3. The Morgan fingerprint density at radius 2 is 1.14 bits per heavy atom. The monoisotopic (exact) mass is 454 g/mol. The first-order valence-electron chi connectivity index (χ1n) is 11.9. The van der Waals surface area contributed by atoms with Gasteiger partial charge in [0.15, 0.2) is 11.6 Å². The van der Waals surface area contributed by atoms with Gasteiger partial charge in [-0.3, -0.25) is 0 Å². The molecule has 0 atom stereocenters. The van der Waals surface area contributed by atoms with E-state index in [1.807, 2.05) is 36.4 Å². The number of hydrogen-bond acceptors (Lipinski definition) is 3. The highest BCUT2D eigenvalue weighted by molar-refractivity contribution is 6.10. The van der Waals surface area contributed by atoms with E-state index in [2.05, 4.69) is 92.1 Å². The molecule has 6 rings (SSSR count). The van der Waals surface area contributed by atoms with Crippen molar-refractivity contribution in [3.05, 3.63) is 109 Å². The highest BCUT2D eigenvalue weighted by Crippen LogP contribution is 2.34. The molecule has 0 amide bonds. The first-order valence-corrected chi connectivity index (χ1v) is 11.9. The smallest absolute Gasteiger partial charge is 0.163 e. The SMILES string of the molecule is CC(C)(C)c1nc(-c2ccccc2)nc(-c2ccc3c4ccccc4n(-c4ccccc4)c3c2)n1. The molecule has 0 radical (unpaired) electrons. The zero-order valence-corrected chi connectivity index (χ0v) is 20.1. The second kappa shape index (κ2) is 8.17. The molecule has 6 aromatic rings. The summed E-state index contributed by atoms with van der Waals surface area (Å²) >= 11 is 0. The first kappa shape index (κ1) is 21.2. The maximum Gasteiger partial charge on any atom is 0.163 e. The predicted molar refractivity (Wildman–Crippen MR) is 144 cm³/mol. The molecule has 0 spiro atoms. The molecule has 2 heterocycles. The van der Waals surface area contributed by atoms with Crippen LogP contribution in [0.1, 0.15) is 26.6 Å². The van der Waals surface area contributed by atoms with Gasteiger partial charge in [0.1, 0.15) is 5.82 Å². The van der Waals surface area contributed by atoms with Crippen LogP contribution in [0.2, 0.25) is 0 Å². The van der Waals surface area contributed by atoms with Gasteiger partial charge in [-0.25, -0.2) is 15.0 Å². The molecular formula is C31H26N4. The summed E-state index contributed by atoms with van der Waals surface area (Å²) in [6, 6.07) is 35.7. The number of nitrogens with zero attached hydrogens (tertiary/aromatic N) is 4. The minimum absolute atomic E-state index is 0.204. The van der Waals surface area contributed by atoms with E-state index in [1.54, 1.807) is 0 Å². The fraction of sp³-hybridized carbons (Fsp3) is 0.129. The Kier molecular flexibility index (Phi) is 4.96. The summed E-state index contributed by atoms with van der Waals surface area (Å²) in [7, 11) is 0. The van der Waals surface area contributed by atoms with Crippen molar-refractivity contribution in [1.82, 2.24) is 19.5 Å². The maximum absolute atomic E-state index is 4.93. The Hall–Kier alpha value is -4.31. The van der Waals surface area contributed by atoms with E-state index in [0.717, 1.165) is 28.2 Å². The highest BCUT2D eigenvalue weighted by atomic mass is 15.0. The first-order chi connectivity index (χ1) is 17.0. The van der Waals surface area contributed by atoms with Gasteiger partial charge in [0.25, 0.3) is 0 Å². The van der Waals surface area contributed by atoms with Crippen molar-refractivity contribution < 1.29 is 0 Å². The van der Waals surface area contributed by atoms with Crippen molar-refractivity contribution in [2.45, 2.75) is 26.2 Å². The summed E-state index contributed by atoms with van der Waals surface area (Å²) in [6.45, 7) is 6.41. The number of fused-ring (bicyclic) bond motifs is 3. The normalized spacial score (nSPS) is 11.9. The van der Waals surface area contributed by atoms with Gasteiger partial charge in [-0.05, 0) is 24.3 Å². The minimum atomic E-state index is -0.204. The molecule has 0 saturated heterocycles. The maximum atomic E-state index is 4.93. The van der Waals surface area contributed by atoms with Gasteiger partial charge in [0, 0.05) is 33.0 Å². The largest absolute Gasteiger partial charge is 0.309 e. The lowest BCUT2D eigenvalue weighted by Gasteiger charge is -2.18. The molecule has 4 nitrogen and oxygen atoms in total. The van der Waals surface area contributed by atoms with Crippen molar-refractivity contribution in [2.24, 2.45) is 0 Å². The van der Waals surface area contributed by atoms with Gasteiger partial charge in [0.05, 0.1) is 11.0 Å². The molecule has 170 valence electrons. The Bertz CT molecular complexity index is 1660. The molecule has 0 saturated carbocycles. The van der Waals surface area contributed by atoms with Gasteiger partial charge in [-0.15, -0.1) is 0 Å². The molecule has 4 aromatic carbocycles. The second-order valence-electron chi connectivity index (χ2n) is 9.84. The van der Waals surface area contributed by atoms with Gasteiger partial charge in [-0.2, -0.15) is 0 Å². The fourth-order valence-electron chi connectivity index (χ4n) is 4.52. The average Bonchev–Trinajstić information content (AvgIpc) is 3.22. The van der Waals surface area contributed by atoms with Crippen molar-refractivity contribution in [1.29, 1.82) is 0 Å². The molecule has 0 aliphatic carbocycles. The quantitative estimate of drug-likeness (QED) is 0.276. The standard InChI is InChI=1S/C31H26N4/c1-31(2,3)30-33-28(21-12-6-4-7-13-21)32-29(34-30)22-18-19-25-24-16-10-11-17-26(24)35(27(25)20-22)23-14-8-5-9-15-23/h4-20H,1-3H3. The van der Waals surface area contributed by atoms with Gasteiger partial charge in [-0.1, -0.05) is 99.6 Å². The Balaban J connectivity index is 1.62. The third kappa shape index (κ3) is 3.77. The van der Waals surface area contributed by atoms with Crippen LogP contribution in [-0.2, 0) is 5.41 Å². The van der Waals surface area contributed by atoms with Crippen LogP contribution in [0, 0.1) is 0 Å². The van der Waals surface area contributed by atoms with E-state index < -0.39 is 0 Å². The fourth-order valence-corrected chi connectivity index (χ4v) is 4.52. The summed E-state index contributed by atoms with van der Waals surface area (Å²) < 4.78 is 2.32. The molecule has 0 bridgehead atoms. The molecule has 4 heteroatoms. The van der Waals surface area contributed by atoms with Gasteiger partial charge in [0.2, 0.25) is 0 Å². The minimum Gasteiger partial charge on any atom is -0.309 e. The zero-order valence-electron chi connectivity index (χ0n) is 20.1. The van der Waals surface area contributed by atoms with E-state index >= 15 is 0 Å². The summed E-state index contributed by atoms with van der Waals surface area (Å²) in [5.41, 5.74) is 5.20. The third-order valence-corrected chi connectivity index (χ3v) is 6.28. The summed E-state index contributed by atoms with van der Waals surface area (Å²) in [6.07, 6.45) is 0. The van der Waals surface area contributed by atoms with Crippen molar-refractivity contribution >= 4 is 21.8 Å². The van der Waals surface area contributed by atoms with Crippen LogP contribution in [0.3, 0.4) is 0 Å². The molecule has 0 aliphatic rings. The Morgan fingerprint density at radius 3 is 1.86 bits per heavy atom. The Morgan fingerprint density at radius 1 is 0.543 bits per heavy atom. The van der Waals surface area contributed by atoms with Gasteiger partial charge >= 0.3 is 0 Å². The molecule has 0 aliphatic heterocycles. The predicted octanol–water partition coefficient (Wildman–Crippen LogP) is 7.60. The lowest BCUT2D eigenvalue weighted by atomic mass is 9.95. The summed E-state index contributed by atoms with van der Waals surface area (Å²) in [5.74, 6) is 2.17. The second-order valence-corrected chi connectivity index (χ2v) is 9.84. The van der Waals surface area contributed by atoms with E-state index in [1.165, 1.54) is 16.3 Å². The van der Waals surface area contributed by atoms with Gasteiger partial charge < -0.3 is 4.57 Å². The van der Waals surface area contributed by atoms with Crippen LogP contribution in [0.5, 0.6) is 0 Å². The van der Waals surface area contributed by atoms with Crippen LogP contribution < -0.4 is 0 Å². The number of hydrogen-bond donors (Lipinski definition) is 0. The number of benzene rings is 4. The highest BCUT2D eigenvalue weighted by Gasteiger charge is 2.21. The van der Waals surface area contributed by atoms with Crippen molar-refractivity contribution in [3.63, 3.8) is 0 Å². The third-order valence-electron chi connectivity index (χ3n) is 6.28. The lowest BCUT2D eigenvalue weighted by Crippen LogP contribution is -2.18. The Labute approximate surface area is 205 Å². The molecule has 35 heavy (non-hydrogen) atoms. The van der Waals surface area contributed by atoms with Crippen molar-refractivity contribution in [2.75, 3.05) is 0 Å². The molecule has 0 fully saturated rings. The lowest BCUT2D eigenvalue weighted by molar-refractivity contribution is 0.543. The molecule has 2 aromatic heterocycles. The van der Waals surface area contributed by atoms with Crippen LogP contribution in [0.15, 0.2) is 103 Å². The molecule has 0 unspecified atom stereocenters. The topological polar surface area (TPSA) is 43.6 Å². The molecular weight excluding hydrogens is 428 g/mol. The molecule has 0 N–H and O–H groups in total. The number of aromatic nitrogens is 4. The van der Waals surface area contributed by atoms with Crippen LogP contribution in [-0.4, -0.2) is 19.5 Å². The zero-order chi connectivity index (χ0) is 24.0. The van der Waals surface area contributed by atoms with Crippen LogP contribution in [0.4, 0.5) is 0 Å². The van der Waals surface area contributed by atoms with Crippen LogP contribution in [0.25, 0.3) is 50.3 Å². The summed E-state index contributed by atoms with van der Waals surface area (Å²) in [5, 5.41) is 2.44. The summed E-state index contributed by atoms with van der Waals surface area (Å²) in [4.78, 5) is 14.7. The van der Waals surface area contributed by atoms with E-state index in [9.17, 15) is 0 Å². The van der Waals surface area contributed by atoms with E-state index in [0.29, 0.717) is 11.6 Å². The van der Waals surface area contributed by atoms with E-state index in [4.69, 9.17) is 15.0 Å². The van der Waals surface area contributed by atoms with E-state index in [-0.39, 0.29) is 5.41 Å². The van der Waals surface area contributed by atoms with Crippen LogP contribution >= 0.6 is 0 Å².